The number of aromatic nitrogens is 2. The van der Waals surface area contributed by atoms with Crippen molar-refractivity contribution >= 4 is 5.95 Å². The normalized spacial score (nSPS) is 10.4. The van der Waals surface area contributed by atoms with Crippen LogP contribution in [0, 0.1) is 17.5 Å². The number of halogens is 3. The summed E-state index contributed by atoms with van der Waals surface area (Å²) in [5.74, 6) is -3.68. The summed E-state index contributed by atoms with van der Waals surface area (Å²) in [5.41, 5.74) is 0.0906. The van der Waals surface area contributed by atoms with Gasteiger partial charge in [0.05, 0.1) is 5.69 Å². The largest absolute Gasteiger partial charge is 0.354 e. The smallest absolute Gasteiger partial charge is 0.223 e. The molecule has 0 bridgehead atoms. The molecule has 6 heteroatoms. The molecule has 0 spiro atoms. The van der Waals surface area contributed by atoms with E-state index in [0.717, 1.165) is 12.1 Å². The Balaban J connectivity index is 2.48. The second kappa shape index (κ2) is 5.03. The maximum absolute atomic E-state index is 13.6. The zero-order valence-corrected chi connectivity index (χ0v) is 9.54. The van der Waals surface area contributed by atoms with Crippen molar-refractivity contribution in [1.29, 1.82) is 0 Å². The van der Waals surface area contributed by atoms with E-state index in [-0.39, 0.29) is 11.3 Å². The molecule has 0 amide bonds. The van der Waals surface area contributed by atoms with Gasteiger partial charge in [0.15, 0.2) is 17.5 Å². The van der Waals surface area contributed by atoms with Crippen molar-refractivity contribution in [1.82, 2.24) is 9.97 Å². The van der Waals surface area contributed by atoms with Crippen LogP contribution in [0.2, 0.25) is 0 Å². The standard InChI is InChI=1S/C12H10F3N3/c1-2-16-12-17-6-5-9(18-12)7-3-4-8(13)11(15)10(7)14/h3-6H,2H2,1H3,(H,16,17,18). The van der Waals surface area contributed by atoms with Crippen molar-refractivity contribution in [3.63, 3.8) is 0 Å². The Labute approximate surface area is 102 Å². The monoisotopic (exact) mass is 253 g/mol. The predicted molar refractivity (Wildman–Crippen MR) is 61.5 cm³/mol. The maximum atomic E-state index is 13.6. The molecular weight excluding hydrogens is 243 g/mol. The van der Waals surface area contributed by atoms with E-state index in [4.69, 9.17) is 0 Å². The molecule has 18 heavy (non-hydrogen) atoms. The molecular formula is C12H10F3N3. The molecule has 1 aromatic carbocycles. The third kappa shape index (κ3) is 2.27. The number of nitrogens with zero attached hydrogens (tertiary/aromatic N) is 2. The highest BCUT2D eigenvalue weighted by atomic mass is 19.2. The topological polar surface area (TPSA) is 37.8 Å². The van der Waals surface area contributed by atoms with Gasteiger partial charge >= 0.3 is 0 Å². The third-order valence-corrected chi connectivity index (χ3v) is 2.30. The van der Waals surface area contributed by atoms with E-state index in [0.29, 0.717) is 12.5 Å². The highest BCUT2D eigenvalue weighted by molar-refractivity contribution is 5.60. The SMILES string of the molecule is CCNc1nccc(-c2ccc(F)c(F)c2F)n1. The van der Waals surface area contributed by atoms with Crippen LogP contribution in [0.5, 0.6) is 0 Å². The van der Waals surface area contributed by atoms with Crippen LogP contribution in [-0.4, -0.2) is 16.5 Å². The molecule has 0 unspecified atom stereocenters. The number of hydrogen-bond donors (Lipinski definition) is 1. The fourth-order valence-corrected chi connectivity index (χ4v) is 1.48. The average molecular weight is 253 g/mol. The van der Waals surface area contributed by atoms with Gasteiger partial charge < -0.3 is 5.32 Å². The summed E-state index contributed by atoms with van der Waals surface area (Å²) in [4.78, 5) is 7.92. The van der Waals surface area contributed by atoms with Gasteiger partial charge in [0.25, 0.3) is 0 Å². The van der Waals surface area contributed by atoms with Crippen molar-refractivity contribution in [2.75, 3.05) is 11.9 Å². The third-order valence-electron chi connectivity index (χ3n) is 2.30. The number of nitrogens with one attached hydrogen (secondary N) is 1. The van der Waals surface area contributed by atoms with Gasteiger partial charge in [-0.2, -0.15) is 0 Å². The van der Waals surface area contributed by atoms with E-state index in [2.05, 4.69) is 15.3 Å². The summed E-state index contributed by atoms with van der Waals surface area (Å²) >= 11 is 0. The van der Waals surface area contributed by atoms with Gasteiger partial charge in [0, 0.05) is 18.3 Å². The van der Waals surface area contributed by atoms with Crippen LogP contribution in [0.15, 0.2) is 24.4 Å². The molecule has 0 radical (unpaired) electrons. The highest BCUT2D eigenvalue weighted by Gasteiger charge is 2.15. The maximum Gasteiger partial charge on any atom is 0.223 e. The summed E-state index contributed by atoms with van der Waals surface area (Å²) in [7, 11) is 0. The van der Waals surface area contributed by atoms with Crippen LogP contribution < -0.4 is 5.32 Å². The number of rotatable bonds is 3. The van der Waals surface area contributed by atoms with Crippen LogP contribution >= 0.6 is 0 Å². The van der Waals surface area contributed by atoms with Gasteiger partial charge in [0.1, 0.15) is 0 Å². The summed E-state index contributed by atoms with van der Waals surface area (Å²) in [6, 6.07) is 3.44. The van der Waals surface area contributed by atoms with Gasteiger partial charge in [-0.05, 0) is 25.1 Å². The minimum absolute atomic E-state index is 0.101. The lowest BCUT2D eigenvalue weighted by Gasteiger charge is -2.06. The Hall–Kier alpha value is -2.11. The van der Waals surface area contributed by atoms with Crippen molar-refractivity contribution in [3.8, 4) is 11.3 Å². The van der Waals surface area contributed by atoms with E-state index >= 15 is 0 Å². The second-order valence-corrected chi connectivity index (χ2v) is 3.52. The fraction of sp³-hybridized carbons (Fsp3) is 0.167. The molecule has 0 fully saturated rings. The Kier molecular flexibility index (Phi) is 3.45. The van der Waals surface area contributed by atoms with Crippen LogP contribution in [0.1, 0.15) is 6.92 Å². The van der Waals surface area contributed by atoms with Gasteiger partial charge in [-0.1, -0.05) is 0 Å². The van der Waals surface area contributed by atoms with Crippen molar-refractivity contribution < 1.29 is 13.2 Å². The lowest BCUT2D eigenvalue weighted by Crippen LogP contribution is -2.03. The molecule has 0 saturated carbocycles. The van der Waals surface area contributed by atoms with E-state index in [1.54, 1.807) is 0 Å². The summed E-state index contributed by atoms with van der Waals surface area (Å²) in [6.07, 6.45) is 1.42. The highest BCUT2D eigenvalue weighted by Crippen LogP contribution is 2.24. The summed E-state index contributed by atoms with van der Waals surface area (Å²) in [6.45, 7) is 2.46. The molecule has 0 aliphatic carbocycles. The van der Waals surface area contributed by atoms with Gasteiger partial charge in [-0.15, -0.1) is 0 Å². The number of benzene rings is 1. The van der Waals surface area contributed by atoms with Gasteiger partial charge in [0.2, 0.25) is 5.95 Å². The molecule has 0 aliphatic heterocycles. The average Bonchev–Trinajstić information content (AvgIpc) is 2.37. The van der Waals surface area contributed by atoms with Gasteiger partial charge in [-0.25, -0.2) is 23.1 Å². The van der Waals surface area contributed by atoms with Crippen LogP contribution in [0.4, 0.5) is 19.1 Å². The molecule has 0 atom stereocenters. The van der Waals surface area contributed by atoms with Crippen LogP contribution in [0.3, 0.4) is 0 Å². The van der Waals surface area contributed by atoms with Crippen LogP contribution in [-0.2, 0) is 0 Å². The second-order valence-electron chi connectivity index (χ2n) is 3.52. The molecule has 1 aromatic heterocycles. The molecule has 1 heterocycles. The summed E-state index contributed by atoms with van der Waals surface area (Å²) < 4.78 is 39.5. The predicted octanol–water partition coefficient (Wildman–Crippen LogP) is 2.99. The molecule has 3 nitrogen and oxygen atoms in total. The zero-order chi connectivity index (χ0) is 13.1. The lowest BCUT2D eigenvalue weighted by atomic mass is 10.1. The van der Waals surface area contributed by atoms with Crippen molar-refractivity contribution in [2.45, 2.75) is 6.92 Å². The Bertz CT molecular complexity index is 572. The molecule has 1 N–H and O–H groups in total. The van der Waals surface area contributed by atoms with Crippen molar-refractivity contribution in [2.24, 2.45) is 0 Å². The van der Waals surface area contributed by atoms with E-state index < -0.39 is 17.5 Å². The van der Waals surface area contributed by atoms with Crippen LogP contribution in [0.25, 0.3) is 11.3 Å². The number of hydrogen-bond acceptors (Lipinski definition) is 3. The van der Waals surface area contributed by atoms with Gasteiger partial charge in [-0.3, -0.25) is 0 Å². The molecule has 2 aromatic rings. The molecule has 94 valence electrons. The first-order valence-corrected chi connectivity index (χ1v) is 5.34. The minimum Gasteiger partial charge on any atom is -0.354 e. The number of anilines is 1. The van der Waals surface area contributed by atoms with E-state index in [9.17, 15) is 13.2 Å². The first-order chi connectivity index (χ1) is 8.63. The van der Waals surface area contributed by atoms with E-state index in [1.807, 2.05) is 6.92 Å². The van der Waals surface area contributed by atoms with E-state index in [1.165, 1.54) is 12.3 Å². The Morgan fingerprint density at radius 3 is 2.61 bits per heavy atom. The lowest BCUT2D eigenvalue weighted by molar-refractivity contribution is 0.449. The molecule has 0 saturated heterocycles. The zero-order valence-electron chi connectivity index (χ0n) is 9.54. The quantitative estimate of drug-likeness (QED) is 0.854. The fourth-order valence-electron chi connectivity index (χ4n) is 1.48. The minimum atomic E-state index is -1.50. The summed E-state index contributed by atoms with van der Waals surface area (Å²) in [5, 5.41) is 2.85. The first kappa shape index (κ1) is 12.3. The molecule has 2 rings (SSSR count). The molecule has 0 aliphatic rings. The first-order valence-electron chi connectivity index (χ1n) is 5.34. The Morgan fingerprint density at radius 2 is 1.89 bits per heavy atom. The Morgan fingerprint density at radius 1 is 1.11 bits per heavy atom. The van der Waals surface area contributed by atoms with Crippen molar-refractivity contribution in [3.05, 3.63) is 41.8 Å².